The molecule has 2 N–H and O–H groups in total. The van der Waals surface area contributed by atoms with Gasteiger partial charge in [-0.25, -0.2) is 0 Å². The fraction of sp³-hybridized carbons (Fsp3) is 0.381. The minimum absolute atomic E-state index is 0.0156. The van der Waals surface area contributed by atoms with Gasteiger partial charge in [-0.2, -0.15) is 0 Å². The van der Waals surface area contributed by atoms with Crippen LogP contribution in [0.5, 0.6) is 11.5 Å². The SMILES string of the molecule is CCNC(=O)COc1ccc(CN[C@H]2CCSc3ccccc32)cc1OC. The fourth-order valence-electron chi connectivity index (χ4n) is 3.13. The number of hydrogen-bond acceptors (Lipinski definition) is 5. The summed E-state index contributed by atoms with van der Waals surface area (Å²) < 4.78 is 11.0. The van der Waals surface area contributed by atoms with E-state index in [0.717, 1.165) is 24.3 Å². The van der Waals surface area contributed by atoms with E-state index in [1.54, 1.807) is 7.11 Å². The van der Waals surface area contributed by atoms with Crippen molar-refractivity contribution in [1.82, 2.24) is 10.6 Å². The molecule has 144 valence electrons. The largest absolute Gasteiger partial charge is 0.493 e. The summed E-state index contributed by atoms with van der Waals surface area (Å²) in [6.07, 6.45) is 1.12. The van der Waals surface area contributed by atoms with Gasteiger partial charge in [0.1, 0.15) is 0 Å². The molecule has 0 spiro atoms. The van der Waals surface area contributed by atoms with Crippen molar-refractivity contribution in [2.75, 3.05) is 26.0 Å². The minimum atomic E-state index is -0.140. The molecule has 6 heteroatoms. The second-order valence-corrected chi connectivity index (χ2v) is 7.47. The zero-order chi connectivity index (χ0) is 19.1. The van der Waals surface area contributed by atoms with Gasteiger partial charge >= 0.3 is 0 Å². The summed E-state index contributed by atoms with van der Waals surface area (Å²) in [5.41, 5.74) is 2.50. The van der Waals surface area contributed by atoms with Crippen LogP contribution < -0.4 is 20.1 Å². The van der Waals surface area contributed by atoms with E-state index in [0.29, 0.717) is 24.1 Å². The van der Waals surface area contributed by atoms with Gasteiger partial charge in [-0.15, -0.1) is 11.8 Å². The molecule has 3 rings (SSSR count). The van der Waals surface area contributed by atoms with Crippen molar-refractivity contribution < 1.29 is 14.3 Å². The number of carbonyl (C=O) groups excluding carboxylic acids is 1. The van der Waals surface area contributed by atoms with Crippen molar-refractivity contribution in [1.29, 1.82) is 0 Å². The molecule has 1 aliphatic rings. The molecule has 0 aromatic heterocycles. The van der Waals surface area contributed by atoms with Crippen LogP contribution in [0, 0.1) is 0 Å². The molecule has 1 heterocycles. The average Bonchev–Trinajstić information content (AvgIpc) is 2.71. The highest BCUT2D eigenvalue weighted by Crippen LogP contribution is 2.36. The number of methoxy groups -OCH3 is 1. The van der Waals surface area contributed by atoms with Crippen LogP contribution in [0.4, 0.5) is 0 Å². The van der Waals surface area contributed by atoms with E-state index in [1.807, 2.05) is 36.9 Å². The number of rotatable bonds is 8. The molecule has 0 saturated heterocycles. The molecule has 0 bridgehead atoms. The number of amides is 1. The van der Waals surface area contributed by atoms with Crippen molar-refractivity contribution in [3.63, 3.8) is 0 Å². The van der Waals surface area contributed by atoms with Gasteiger partial charge in [0.05, 0.1) is 7.11 Å². The molecule has 1 aliphatic heterocycles. The van der Waals surface area contributed by atoms with Crippen LogP contribution in [0.15, 0.2) is 47.4 Å². The van der Waals surface area contributed by atoms with Crippen LogP contribution in [-0.2, 0) is 11.3 Å². The molecule has 0 fully saturated rings. The molecule has 0 aliphatic carbocycles. The van der Waals surface area contributed by atoms with Crippen molar-refractivity contribution in [3.05, 3.63) is 53.6 Å². The zero-order valence-corrected chi connectivity index (χ0v) is 16.6. The fourth-order valence-corrected chi connectivity index (χ4v) is 4.25. The van der Waals surface area contributed by atoms with Crippen LogP contribution in [-0.4, -0.2) is 31.9 Å². The highest BCUT2D eigenvalue weighted by molar-refractivity contribution is 7.99. The second-order valence-electron chi connectivity index (χ2n) is 6.34. The number of carbonyl (C=O) groups is 1. The summed E-state index contributed by atoms with van der Waals surface area (Å²) in [5.74, 6) is 2.20. The first-order valence-electron chi connectivity index (χ1n) is 9.22. The van der Waals surface area contributed by atoms with Crippen molar-refractivity contribution >= 4 is 17.7 Å². The Labute approximate surface area is 164 Å². The van der Waals surface area contributed by atoms with Crippen LogP contribution in [0.25, 0.3) is 0 Å². The lowest BCUT2D eigenvalue weighted by atomic mass is 10.0. The number of likely N-dealkylation sites (N-methyl/N-ethyl adjacent to an activating group) is 1. The number of nitrogens with one attached hydrogen (secondary N) is 2. The first-order chi connectivity index (χ1) is 13.2. The van der Waals surface area contributed by atoms with Gasteiger partial charge in [-0.3, -0.25) is 4.79 Å². The van der Waals surface area contributed by atoms with Crippen LogP contribution >= 0.6 is 11.8 Å². The lowest BCUT2D eigenvalue weighted by Gasteiger charge is -2.26. The third-order valence-electron chi connectivity index (χ3n) is 4.47. The molecule has 0 saturated carbocycles. The molecule has 1 atom stereocenters. The standard InChI is InChI=1S/C21H26N2O3S/c1-3-22-21(24)14-26-18-9-8-15(12-19(18)25-2)13-23-17-10-11-27-20-7-5-4-6-16(17)20/h4-9,12,17,23H,3,10-11,13-14H2,1-2H3,(H,22,24)/t17-/m0/s1. The van der Waals surface area contributed by atoms with Crippen molar-refractivity contribution in [2.45, 2.75) is 30.8 Å². The van der Waals surface area contributed by atoms with E-state index in [4.69, 9.17) is 9.47 Å². The molecule has 0 radical (unpaired) electrons. The maximum absolute atomic E-state index is 11.6. The Hall–Kier alpha value is -2.18. The van der Waals surface area contributed by atoms with E-state index in [1.165, 1.54) is 10.5 Å². The van der Waals surface area contributed by atoms with Crippen LogP contribution in [0.1, 0.15) is 30.5 Å². The second kappa shape index (κ2) is 9.67. The predicted molar refractivity (Wildman–Crippen MR) is 109 cm³/mol. The van der Waals surface area contributed by atoms with Crippen molar-refractivity contribution in [2.24, 2.45) is 0 Å². The summed E-state index contributed by atoms with van der Waals surface area (Å²) in [5, 5.41) is 6.37. The van der Waals surface area contributed by atoms with Gasteiger partial charge in [-0.1, -0.05) is 24.3 Å². The van der Waals surface area contributed by atoms with Gasteiger partial charge in [0, 0.05) is 24.0 Å². The number of thioether (sulfide) groups is 1. The number of benzene rings is 2. The zero-order valence-electron chi connectivity index (χ0n) is 15.8. The van der Waals surface area contributed by atoms with Crippen LogP contribution in [0.3, 0.4) is 0 Å². The Morgan fingerprint density at radius 3 is 2.89 bits per heavy atom. The molecular weight excluding hydrogens is 360 g/mol. The van der Waals surface area contributed by atoms with Crippen LogP contribution in [0.2, 0.25) is 0 Å². The number of hydrogen-bond donors (Lipinski definition) is 2. The lowest BCUT2D eigenvalue weighted by Crippen LogP contribution is -2.28. The van der Waals surface area contributed by atoms with Gasteiger partial charge in [0.2, 0.25) is 0 Å². The maximum Gasteiger partial charge on any atom is 0.257 e. The summed E-state index contributed by atoms with van der Waals surface area (Å²) >= 11 is 1.92. The number of ether oxygens (including phenoxy) is 2. The van der Waals surface area contributed by atoms with Gasteiger partial charge < -0.3 is 20.1 Å². The van der Waals surface area contributed by atoms with Gasteiger partial charge in [0.15, 0.2) is 18.1 Å². The third kappa shape index (κ3) is 5.17. The Kier molecular flexibility index (Phi) is 7.01. The molecule has 0 unspecified atom stereocenters. The molecule has 1 amide bonds. The quantitative estimate of drug-likeness (QED) is 0.727. The first kappa shape index (κ1) is 19.6. The van der Waals surface area contributed by atoms with Crippen molar-refractivity contribution in [3.8, 4) is 11.5 Å². The molecule has 5 nitrogen and oxygen atoms in total. The van der Waals surface area contributed by atoms with E-state index in [9.17, 15) is 4.79 Å². The monoisotopic (exact) mass is 386 g/mol. The predicted octanol–water partition coefficient (Wildman–Crippen LogP) is 3.54. The normalized spacial score (nSPS) is 15.7. The Morgan fingerprint density at radius 2 is 2.07 bits per heavy atom. The summed E-state index contributed by atoms with van der Waals surface area (Å²) in [4.78, 5) is 12.9. The Bertz CT molecular complexity index is 782. The third-order valence-corrected chi connectivity index (χ3v) is 5.59. The Balaban J connectivity index is 1.62. The average molecular weight is 387 g/mol. The highest BCUT2D eigenvalue weighted by atomic mass is 32.2. The van der Waals surface area contributed by atoms with Gasteiger partial charge in [-0.05, 0) is 48.4 Å². The first-order valence-corrected chi connectivity index (χ1v) is 10.2. The lowest BCUT2D eigenvalue weighted by molar-refractivity contribution is -0.123. The number of fused-ring (bicyclic) bond motifs is 1. The smallest absolute Gasteiger partial charge is 0.257 e. The molecule has 2 aromatic rings. The summed E-state index contributed by atoms with van der Waals surface area (Å²) in [6.45, 7) is 3.20. The molecule has 27 heavy (non-hydrogen) atoms. The molecular formula is C21H26N2O3S. The topological polar surface area (TPSA) is 59.6 Å². The molecule has 2 aromatic carbocycles. The van der Waals surface area contributed by atoms with E-state index < -0.39 is 0 Å². The Morgan fingerprint density at radius 1 is 1.22 bits per heavy atom. The minimum Gasteiger partial charge on any atom is -0.493 e. The summed E-state index contributed by atoms with van der Waals surface area (Å²) in [6, 6.07) is 14.8. The van der Waals surface area contributed by atoms with E-state index in [-0.39, 0.29) is 12.5 Å². The summed E-state index contributed by atoms with van der Waals surface area (Å²) in [7, 11) is 1.61. The maximum atomic E-state index is 11.6. The van der Waals surface area contributed by atoms with E-state index >= 15 is 0 Å². The van der Waals surface area contributed by atoms with Gasteiger partial charge in [0.25, 0.3) is 5.91 Å². The highest BCUT2D eigenvalue weighted by Gasteiger charge is 2.19. The van der Waals surface area contributed by atoms with E-state index in [2.05, 4.69) is 34.9 Å².